The number of anilines is 2. The average Bonchev–Trinajstić information content (AvgIpc) is 2.78. The zero-order chi connectivity index (χ0) is 28.4. The van der Waals surface area contributed by atoms with E-state index < -0.39 is 41.3 Å². The normalized spacial score (nSPS) is 18.1. The van der Waals surface area contributed by atoms with Crippen molar-refractivity contribution in [3.8, 4) is 0 Å². The summed E-state index contributed by atoms with van der Waals surface area (Å²) in [5.41, 5.74) is -0.691. The molecule has 12 heteroatoms. The predicted octanol–water partition coefficient (Wildman–Crippen LogP) is 6.35. The number of carbonyl (C=O) groups is 3. The molecule has 206 valence electrons. The van der Waals surface area contributed by atoms with Crippen LogP contribution in [0.4, 0.5) is 29.5 Å². The van der Waals surface area contributed by atoms with E-state index in [-0.39, 0.29) is 34.6 Å². The number of hydrogen-bond acceptors (Lipinski definition) is 5. The van der Waals surface area contributed by atoms with Crippen molar-refractivity contribution in [2.24, 2.45) is 5.92 Å². The molecule has 2 heterocycles. The van der Waals surface area contributed by atoms with E-state index in [1.54, 1.807) is 27.7 Å². The molecule has 1 aliphatic rings. The van der Waals surface area contributed by atoms with Crippen LogP contribution in [0.5, 0.6) is 0 Å². The number of pyridine rings is 1. The first-order chi connectivity index (χ1) is 17.5. The standard InChI is InChI=1S/C26H30ClF3N4O4/c1-14-6-7-20(16-9-17(26(28,29)30)11-18(27)10-16)34(13-14)23(36)22(35)32-19-8-15(2)21(31-12-19)33-24(37)38-25(3,4)5/h8-12,14,20H,6-7,13H2,1-5H3,(H,32,35)(H,31,33,37)/t14-,20+/m1/s1. The first-order valence-corrected chi connectivity index (χ1v) is 12.4. The van der Waals surface area contributed by atoms with Crippen LogP contribution in [0.25, 0.3) is 0 Å². The fraction of sp³-hybridized carbons (Fsp3) is 0.462. The van der Waals surface area contributed by atoms with Gasteiger partial charge in [-0.1, -0.05) is 18.5 Å². The Morgan fingerprint density at radius 2 is 1.76 bits per heavy atom. The van der Waals surface area contributed by atoms with Crippen LogP contribution in [-0.4, -0.2) is 39.9 Å². The van der Waals surface area contributed by atoms with E-state index >= 15 is 0 Å². The van der Waals surface area contributed by atoms with Crippen LogP contribution >= 0.6 is 11.6 Å². The molecule has 3 rings (SSSR count). The highest BCUT2D eigenvalue weighted by Gasteiger charge is 2.37. The predicted molar refractivity (Wildman–Crippen MR) is 137 cm³/mol. The summed E-state index contributed by atoms with van der Waals surface area (Å²) in [5, 5.41) is 4.90. The second kappa shape index (κ2) is 11.2. The largest absolute Gasteiger partial charge is 0.444 e. The molecule has 2 aromatic rings. The van der Waals surface area contributed by atoms with Gasteiger partial charge in [0.1, 0.15) is 11.4 Å². The lowest BCUT2D eigenvalue weighted by atomic mass is 9.89. The third-order valence-electron chi connectivity index (χ3n) is 5.86. The number of piperidine rings is 1. The summed E-state index contributed by atoms with van der Waals surface area (Å²) in [6, 6.07) is 3.96. The molecule has 2 N–H and O–H groups in total. The Hall–Kier alpha value is -3.34. The van der Waals surface area contributed by atoms with Gasteiger partial charge in [-0.25, -0.2) is 9.78 Å². The lowest BCUT2D eigenvalue weighted by Gasteiger charge is -2.38. The maximum absolute atomic E-state index is 13.4. The van der Waals surface area contributed by atoms with Crippen molar-refractivity contribution in [2.45, 2.75) is 65.3 Å². The molecule has 3 amide bonds. The summed E-state index contributed by atoms with van der Waals surface area (Å²) in [5.74, 6) is -1.58. The number of benzene rings is 1. The average molecular weight is 555 g/mol. The van der Waals surface area contributed by atoms with Crippen LogP contribution in [0.3, 0.4) is 0 Å². The Kier molecular flexibility index (Phi) is 8.60. The van der Waals surface area contributed by atoms with Gasteiger partial charge in [0.2, 0.25) is 0 Å². The van der Waals surface area contributed by atoms with Gasteiger partial charge in [-0.05, 0) is 81.8 Å². The fourth-order valence-corrected chi connectivity index (χ4v) is 4.42. The molecule has 38 heavy (non-hydrogen) atoms. The number of ether oxygens (including phenoxy) is 1. The number of likely N-dealkylation sites (tertiary alicyclic amines) is 1. The summed E-state index contributed by atoms with van der Waals surface area (Å²) in [7, 11) is 0. The minimum Gasteiger partial charge on any atom is -0.444 e. The molecular weight excluding hydrogens is 525 g/mol. The maximum Gasteiger partial charge on any atom is 0.416 e. The van der Waals surface area contributed by atoms with Crippen molar-refractivity contribution in [1.82, 2.24) is 9.88 Å². The molecule has 0 saturated carbocycles. The number of aryl methyl sites for hydroxylation is 1. The molecular formula is C26H30ClF3N4O4. The molecule has 8 nitrogen and oxygen atoms in total. The molecule has 0 unspecified atom stereocenters. The zero-order valence-corrected chi connectivity index (χ0v) is 22.5. The van der Waals surface area contributed by atoms with Gasteiger partial charge in [0, 0.05) is 11.6 Å². The van der Waals surface area contributed by atoms with Gasteiger partial charge in [-0.2, -0.15) is 13.2 Å². The van der Waals surface area contributed by atoms with Gasteiger partial charge < -0.3 is 15.0 Å². The lowest BCUT2D eigenvalue weighted by Crippen LogP contribution is -2.46. The highest BCUT2D eigenvalue weighted by molar-refractivity contribution is 6.39. The van der Waals surface area contributed by atoms with E-state index in [0.29, 0.717) is 18.4 Å². The summed E-state index contributed by atoms with van der Waals surface area (Å²) < 4.78 is 45.3. The van der Waals surface area contributed by atoms with Crippen LogP contribution in [0.2, 0.25) is 5.02 Å². The Bertz CT molecular complexity index is 1230. The third kappa shape index (κ3) is 7.59. The number of aromatic nitrogens is 1. The molecule has 1 aliphatic heterocycles. The van der Waals surface area contributed by atoms with Gasteiger partial charge in [0.15, 0.2) is 0 Å². The van der Waals surface area contributed by atoms with Crippen molar-refractivity contribution < 1.29 is 32.3 Å². The van der Waals surface area contributed by atoms with Gasteiger partial charge in [-0.15, -0.1) is 0 Å². The first-order valence-electron chi connectivity index (χ1n) is 12.0. The van der Waals surface area contributed by atoms with Crippen molar-refractivity contribution in [3.63, 3.8) is 0 Å². The highest BCUT2D eigenvalue weighted by Crippen LogP contribution is 2.38. The number of rotatable bonds is 3. The van der Waals surface area contributed by atoms with Gasteiger partial charge in [0.25, 0.3) is 0 Å². The van der Waals surface area contributed by atoms with Crippen molar-refractivity contribution in [2.75, 3.05) is 17.2 Å². The van der Waals surface area contributed by atoms with E-state index in [1.165, 1.54) is 23.2 Å². The molecule has 0 bridgehead atoms. The number of alkyl halides is 3. The summed E-state index contributed by atoms with van der Waals surface area (Å²) in [6.45, 7) is 8.90. The highest BCUT2D eigenvalue weighted by atomic mass is 35.5. The second-order valence-corrected chi connectivity index (χ2v) is 10.8. The quantitative estimate of drug-likeness (QED) is 0.431. The Morgan fingerprint density at radius 1 is 1.08 bits per heavy atom. The van der Waals surface area contributed by atoms with E-state index in [4.69, 9.17) is 16.3 Å². The van der Waals surface area contributed by atoms with Crippen LogP contribution in [0.15, 0.2) is 30.5 Å². The number of carbonyl (C=O) groups excluding carboxylic acids is 3. The van der Waals surface area contributed by atoms with E-state index in [1.807, 2.05) is 6.92 Å². The summed E-state index contributed by atoms with van der Waals surface area (Å²) >= 11 is 5.97. The molecule has 1 aromatic carbocycles. The topological polar surface area (TPSA) is 101 Å². The zero-order valence-electron chi connectivity index (χ0n) is 21.7. The second-order valence-electron chi connectivity index (χ2n) is 10.4. The molecule has 2 atom stereocenters. The number of nitrogens with one attached hydrogen (secondary N) is 2. The number of nitrogens with zero attached hydrogens (tertiary/aromatic N) is 2. The van der Waals surface area contributed by atoms with E-state index in [9.17, 15) is 27.6 Å². The van der Waals surface area contributed by atoms with Crippen LogP contribution in [0, 0.1) is 12.8 Å². The minimum absolute atomic E-state index is 0.0476. The van der Waals surface area contributed by atoms with Crippen molar-refractivity contribution in [3.05, 3.63) is 52.2 Å². The molecule has 0 radical (unpaired) electrons. The Morgan fingerprint density at radius 3 is 2.37 bits per heavy atom. The minimum atomic E-state index is -4.61. The molecule has 1 fully saturated rings. The van der Waals surface area contributed by atoms with E-state index in [2.05, 4.69) is 15.6 Å². The van der Waals surface area contributed by atoms with Crippen LogP contribution in [-0.2, 0) is 20.5 Å². The van der Waals surface area contributed by atoms with Crippen molar-refractivity contribution >= 4 is 41.0 Å². The molecule has 1 saturated heterocycles. The van der Waals surface area contributed by atoms with Crippen LogP contribution < -0.4 is 10.6 Å². The van der Waals surface area contributed by atoms with Crippen molar-refractivity contribution in [1.29, 1.82) is 0 Å². The molecule has 0 spiro atoms. The van der Waals surface area contributed by atoms with Gasteiger partial charge >= 0.3 is 24.1 Å². The third-order valence-corrected chi connectivity index (χ3v) is 6.08. The number of halogens is 4. The number of hydrogen-bond donors (Lipinski definition) is 2. The Labute approximate surface area is 223 Å². The molecule has 1 aromatic heterocycles. The summed E-state index contributed by atoms with van der Waals surface area (Å²) in [6.07, 6.45) is -2.99. The fourth-order valence-electron chi connectivity index (χ4n) is 4.18. The van der Waals surface area contributed by atoms with Crippen LogP contribution in [0.1, 0.15) is 63.3 Å². The monoisotopic (exact) mass is 554 g/mol. The lowest BCUT2D eigenvalue weighted by molar-refractivity contribution is -0.146. The van der Waals surface area contributed by atoms with Gasteiger partial charge in [-0.3, -0.25) is 14.9 Å². The SMILES string of the molecule is Cc1cc(NC(=O)C(=O)N2C[C@H](C)CC[C@H]2c2cc(Cl)cc(C(F)(F)F)c2)cnc1NC(=O)OC(C)(C)C. The van der Waals surface area contributed by atoms with E-state index in [0.717, 1.165) is 12.1 Å². The smallest absolute Gasteiger partial charge is 0.416 e. The number of amides is 3. The summed E-state index contributed by atoms with van der Waals surface area (Å²) in [4.78, 5) is 43.5. The Balaban J connectivity index is 1.77. The molecule has 0 aliphatic carbocycles. The maximum atomic E-state index is 13.4. The first kappa shape index (κ1) is 29.2. The van der Waals surface area contributed by atoms with Gasteiger partial charge in [0.05, 0.1) is 23.5 Å².